The first kappa shape index (κ1) is 22.8. The number of anilines is 1. The molecular formula is C22H18Cl4FNO2. The van der Waals surface area contributed by atoms with E-state index in [1.54, 1.807) is 36.4 Å². The van der Waals surface area contributed by atoms with E-state index in [-0.39, 0.29) is 17.2 Å². The third-order valence-corrected chi connectivity index (χ3v) is 5.40. The van der Waals surface area contributed by atoms with Gasteiger partial charge < -0.3 is 14.8 Å². The van der Waals surface area contributed by atoms with Crippen molar-refractivity contribution in [1.82, 2.24) is 0 Å². The first-order valence-electron chi connectivity index (χ1n) is 9.09. The minimum atomic E-state index is -0.448. The molecule has 0 saturated carbocycles. The van der Waals surface area contributed by atoms with Crippen molar-refractivity contribution >= 4 is 52.1 Å². The van der Waals surface area contributed by atoms with Crippen LogP contribution in [0.2, 0.25) is 20.1 Å². The largest absolute Gasteiger partial charge is 0.490 e. The molecule has 3 rings (SSSR count). The van der Waals surface area contributed by atoms with Gasteiger partial charge in [-0.2, -0.15) is 0 Å². The molecule has 0 aliphatic carbocycles. The van der Waals surface area contributed by atoms with E-state index < -0.39 is 5.82 Å². The average Bonchev–Trinajstić information content (AvgIpc) is 2.70. The smallest absolute Gasteiger partial charge is 0.180 e. The Morgan fingerprint density at radius 2 is 1.70 bits per heavy atom. The van der Waals surface area contributed by atoms with Crippen LogP contribution in [0, 0.1) is 5.82 Å². The van der Waals surface area contributed by atoms with Crippen molar-refractivity contribution in [2.75, 3.05) is 11.9 Å². The van der Waals surface area contributed by atoms with Crippen molar-refractivity contribution in [3.05, 3.63) is 85.6 Å². The predicted octanol–water partition coefficient (Wildman–Crippen LogP) is 8.03. The van der Waals surface area contributed by atoms with E-state index in [0.29, 0.717) is 45.4 Å². The van der Waals surface area contributed by atoms with E-state index in [1.165, 1.54) is 12.1 Å². The highest BCUT2D eigenvalue weighted by Gasteiger charge is 2.15. The van der Waals surface area contributed by atoms with Crippen molar-refractivity contribution in [3.8, 4) is 11.5 Å². The van der Waals surface area contributed by atoms with Gasteiger partial charge in [0.2, 0.25) is 0 Å². The Morgan fingerprint density at radius 3 is 2.43 bits per heavy atom. The topological polar surface area (TPSA) is 30.5 Å². The molecule has 0 aliphatic rings. The highest BCUT2D eigenvalue weighted by Crippen LogP contribution is 2.38. The molecule has 3 aromatic carbocycles. The Bertz CT molecular complexity index is 1030. The Balaban J connectivity index is 1.80. The van der Waals surface area contributed by atoms with Crippen molar-refractivity contribution in [2.24, 2.45) is 0 Å². The maximum atomic E-state index is 14.0. The summed E-state index contributed by atoms with van der Waals surface area (Å²) in [6.07, 6.45) is 0. The van der Waals surface area contributed by atoms with E-state index in [0.717, 1.165) is 5.56 Å². The van der Waals surface area contributed by atoms with Crippen LogP contribution in [-0.4, -0.2) is 6.61 Å². The predicted molar refractivity (Wildman–Crippen MR) is 122 cm³/mol. The van der Waals surface area contributed by atoms with Crippen LogP contribution in [0.1, 0.15) is 18.1 Å². The summed E-state index contributed by atoms with van der Waals surface area (Å²) in [5.74, 6) is 0.324. The summed E-state index contributed by atoms with van der Waals surface area (Å²) >= 11 is 24.7. The molecular weight excluding hydrogens is 471 g/mol. The third-order valence-electron chi connectivity index (χ3n) is 4.20. The lowest BCUT2D eigenvalue weighted by Crippen LogP contribution is -2.05. The molecule has 0 heterocycles. The Hall–Kier alpha value is -1.85. The molecule has 0 radical (unpaired) electrons. The van der Waals surface area contributed by atoms with Crippen molar-refractivity contribution in [2.45, 2.75) is 20.1 Å². The monoisotopic (exact) mass is 487 g/mol. The van der Waals surface area contributed by atoms with E-state index in [4.69, 9.17) is 55.9 Å². The standard InChI is InChI=1S/C22H18Cl4FNO2/c1-2-29-21-9-13(11-28-20-10-14(23)6-7-17(20)25)8-18(26)22(21)30-12-15-16(24)4-3-5-19(15)27/h3-10,28H,2,11-12H2,1H3. The van der Waals surface area contributed by atoms with Crippen LogP contribution in [0.5, 0.6) is 11.5 Å². The highest BCUT2D eigenvalue weighted by molar-refractivity contribution is 6.35. The molecule has 3 nitrogen and oxygen atoms in total. The lowest BCUT2D eigenvalue weighted by atomic mass is 10.2. The van der Waals surface area contributed by atoms with Gasteiger partial charge in [-0.25, -0.2) is 4.39 Å². The zero-order valence-corrected chi connectivity index (χ0v) is 19.0. The first-order valence-corrected chi connectivity index (χ1v) is 10.6. The van der Waals surface area contributed by atoms with Crippen LogP contribution in [0.3, 0.4) is 0 Å². The summed E-state index contributed by atoms with van der Waals surface area (Å²) in [7, 11) is 0. The van der Waals surface area contributed by atoms with Crippen LogP contribution in [0.4, 0.5) is 10.1 Å². The maximum Gasteiger partial charge on any atom is 0.180 e. The lowest BCUT2D eigenvalue weighted by molar-refractivity contribution is 0.266. The Morgan fingerprint density at radius 1 is 0.900 bits per heavy atom. The van der Waals surface area contributed by atoms with E-state index in [1.807, 2.05) is 6.92 Å². The van der Waals surface area contributed by atoms with Crippen LogP contribution >= 0.6 is 46.4 Å². The molecule has 8 heteroatoms. The van der Waals surface area contributed by atoms with E-state index >= 15 is 0 Å². The van der Waals surface area contributed by atoms with Gasteiger partial charge in [0, 0.05) is 17.1 Å². The molecule has 0 amide bonds. The fourth-order valence-electron chi connectivity index (χ4n) is 2.77. The van der Waals surface area contributed by atoms with E-state index in [2.05, 4.69) is 5.32 Å². The van der Waals surface area contributed by atoms with Gasteiger partial charge in [-0.05, 0) is 55.0 Å². The Kier molecular flexibility index (Phi) is 7.95. The third kappa shape index (κ3) is 5.64. The van der Waals surface area contributed by atoms with Gasteiger partial charge in [0.15, 0.2) is 11.5 Å². The van der Waals surface area contributed by atoms with Crippen LogP contribution in [-0.2, 0) is 13.2 Å². The quantitative estimate of drug-likeness (QED) is 0.348. The first-order chi connectivity index (χ1) is 14.4. The molecule has 30 heavy (non-hydrogen) atoms. The molecule has 0 aromatic heterocycles. The SMILES string of the molecule is CCOc1cc(CNc2cc(Cl)ccc2Cl)cc(Cl)c1OCc1c(F)cccc1Cl. The minimum absolute atomic E-state index is 0.0823. The van der Waals surface area contributed by atoms with Crippen molar-refractivity contribution < 1.29 is 13.9 Å². The van der Waals surface area contributed by atoms with Gasteiger partial charge >= 0.3 is 0 Å². The van der Waals surface area contributed by atoms with Gasteiger partial charge in [-0.15, -0.1) is 0 Å². The van der Waals surface area contributed by atoms with Gasteiger partial charge in [0.05, 0.1) is 27.4 Å². The second kappa shape index (κ2) is 10.5. The number of halogens is 5. The van der Waals surface area contributed by atoms with Gasteiger partial charge in [-0.1, -0.05) is 52.5 Å². The van der Waals surface area contributed by atoms with Gasteiger partial charge in [-0.3, -0.25) is 0 Å². The normalized spacial score (nSPS) is 10.7. The number of hydrogen-bond donors (Lipinski definition) is 1. The summed E-state index contributed by atoms with van der Waals surface area (Å²) in [6, 6.07) is 13.2. The molecule has 0 saturated heterocycles. The summed E-state index contributed by atoms with van der Waals surface area (Å²) in [5.41, 5.74) is 1.79. The molecule has 0 aliphatic heterocycles. The molecule has 0 bridgehead atoms. The number of benzene rings is 3. The molecule has 0 fully saturated rings. The molecule has 158 valence electrons. The Labute approximate surface area is 194 Å². The number of ether oxygens (including phenoxy) is 2. The number of hydrogen-bond acceptors (Lipinski definition) is 3. The number of rotatable bonds is 8. The average molecular weight is 489 g/mol. The summed E-state index contributed by atoms with van der Waals surface area (Å²) < 4.78 is 25.5. The van der Waals surface area contributed by atoms with Gasteiger partial charge in [0.1, 0.15) is 12.4 Å². The minimum Gasteiger partial charge on any atom is -0.490 e. The van der Waals surface area contributed by atoms with Crippen molar-refractivity contribution in [1.29, 1.82) is 0 Å². The fraction of sp³-hybridized carbons (Fsp3) is 0.182. The fourth-order valence-corrected chi connectivity index (χ4v) is 3.63. The summed E-state index contributed by atoms with van der Waals surface area (Å²) in [4.78, 5) is 0. The molecule has 0 spiro atoms. The zero-order chi connectivity index (χ0) is 21.7. The summed E-state index contributed by atoms with van der Waals surface area (Å²) in [6.45, 7) is 2.60. The number of nitrogens with one attached hydrogen (secondary N) is 1. The highest BCUT2D eigenvalue weighted by atomic mass is 35.5. The lowest BCUT2D eigenvalue weighted by Gasteiger charge is -2.17. The van der Waals surface area contributed by atoms with Gasteiger partial charge in [0.25, 0.3) is 0 Å². The summed E-state index contributed by atoms with van der Waals surface area (Å²) in [5, 5.41) is 4.96. The van der Waals surface area contributed by atoms with Crippen LogP contribution in [0.25, 0.3) is 0 Å². The second-order valence-electron chi connectivity index (χ2n) is 6.30. The van der Waals surface area contributed by atoms with Crippen molar-refractivity contribution in [3.63, 3.8) is 0 Å². The second-order valence-corrected chi connectivity index (χ2v) is 7.96. The molecule has 3 aromatic rings. The molecule has 0 unspecified atom stereocenters. The molecule has 0 atom stereocenters. The van der Waals surface area contributed by atoms with Crippen LogP contribution in [0.15, 0.2) is 48.5 Å². The molecule has 1 N–H and O–H groups in total. The zero-order valence-electron chi connectivity index (χ0n) is 15.9. The maximum absolute atomic E-state index is 14.0. The van der Waals surface area contributed by atoms with E-state index in [9.17, 15) is 4.39 Å². The van der Waals surface area contributed by atoms with Crippen LogP contribution < -0.4 is 14.8 Å².